The maximum absolute atomic E-state index is 11.0. The molecule has 1 aromatic carbocycles. The molecule has 0 saturated carbocycles. The van der Waals surface area contributed by atoms with Gasteiger partial charge in [0, 0.05) is 6.07 Å². The van der Waals surface area contributed by atoms with Crippen molar-refractivity contribution in [1.82, 2.24) is 0 Å². The molecule has 0 fully saturated rings. The highest BCUT2D eigenvalue weighted by molar-refractivity contribution is 7.60. The maximum atomic E-state index is 11.0. The van der Waals surface area contributed by atoms with E-state index in [1.165, 1.54) is 0 Å². The zero-order chi connectivity index (χ0) is 12.5. The van der Waals surface area contributed by atoms with E-state index in [9.17, 15) is 19.8 Å². The maximum Gasteiger partial charge on any atom is 0.360 e. The van der Waals surface area contributed by atoms with Crippen molar-refractivity contribution >= 4 is 18.6 Å². The van der Waals surface area contributed by atoms with E-state index >= 15 is 0 Å². The number of rotatable bonds is 3. The van der Waals surface area contributed by atoms with E-state index in [1.807, 2.05) is 0 Å². The molecule has 0 unspecified atom stereocenters. The molecule has 0 radical (unpaired) electrons. The molecule has 0 aromatic heterocycles. The van der Waals surface area contributed by atoms with Gasteiger partial charge < -0.3 is 14.9 Å². The number of nitro groups is 1. The summed E-state index contributed by atoms with van der Waals surface area (Å²) in [5, 5.41) is 19.2. The minimum Gasteiger partial charge on any atom is -0.501 e. The number of aryl methyl sites for hydroxylation is 1. The summed E-state index contributed by atoms with van der Waals surface area (Å²) in [5.74, 6) is -0.976. The van der Waals surface area contributed by atoms with E-state index < -0.39 is 29.3 Å². The molecule has 0 amide bonds. The van der Waals surface area contributed by atoms with Crippen LogP contribution in [-0.4, -0.2) is 19.8 Å². The molecule has 1 rings (SSSR count). The molecular formula is C8H10NO6P. The molecule has 8 heteroatoms. The summed E-state index contributed by atoms with van der Waals surface area (Å²) in [5.41, 5.74) is -0.319. The third-order valence-electron chi connectivity index (χ3n) is 2.05. The van der Waals surface area contributed by atoms with Crippen LogP contribution in [0.3, 0.4) is 0 Å². The SMILES string of the molecule is CCc1cc([N+](=O)[O-])c(O)c(P(=O)(O)O)c1. The van der Waals surface area contributed by atoms with Gasteiger partial charge in [0.1, 0.15) is 5.30 Å². The number of phenolic OH excluding ortho intramolecular Hbond substituents is 1. The largest absolute Gasteiger partial charge is 0.501 e. The lowest BCUT2D eigenvalue weighted by Gasteiger charge is -2.08. The van der Waals surface area contributed by atoms with Crippen LogP contribution in [0.25, 0.3) is 0 Å². The van der Waals surface area contributed by atoms with Crippen LogP contribution in [-0.2, 0) is 11.0 Å². The predicted molar refractivity (Wildman–Crippen MR) is 55.8 cm³/mol. The Morgan fingerprint density at radius 3 is 2.38 bits per heavy atom. The average molecular weight is 247 g/mol. The molecule has 0 aliphatic heterocycles. The fraction of sp³-hybridized carbons (Fsp3) is 0.250. The van der Waals surface area contributed by atoms with E-state index in [1.54, 1.807) is 6.92 Å². The number of hydrogen-bond acceptors (Lipinski definition) is 4. The molecule has 16 heavy (non-hydrogen) atoms. The van der Waals surface area contributed by atoms with Crippen molar-refractivity contribution in [3.05, 3.63) is 27.8 Å². The third kappa shape index (κ3) is 2.38. The number of aromatic hydroxyl groups is 1. The van der Waals surface area contributed by atoms with Crippen LogP contribution >= 0.6 is 7.60 Å². The molecule has 0 aliphatic carbocycles. The first-order valence-corrected chi connectivity index (χ1v) is 5.95. The molecule has 7 nitrogen and oxygen atoms in total. The minimum atomic E-state index is -4.72. The van der Waals surface area contributed by atoms with Gasteiger partial charge in [0.05, 0.1) is 4.92 Å². The van der Waals surface area contributed by atoms with Crippen molar-refractivity contribution in [1.29, 1.82) is 0 Å². The normalized spacial score (nSPS) is 11.4. The Hall–Kier alpha value is -1.43. The summed E-state index contributed by atoms with van der Waals surface area (Å²) in [6.45, 7) is 1.68. The first-order chi connectivity index (χ1) is 7.27. The third-order valence-corrected chi connectivity index (χ3v) is 3.02. The van der Waals surface area contributed by atoms with E-state index in [-0.39, 0.29) is 0 Å². The van der Waals surface area contributed by atoms with Crippen molar-refractivity contribution in [3.63, 3.8) is 0 Å². The lowest BCUT2D eigenvalue weighted by atomic mass is 10.1. The molecule has 0 spiro atoms. The molecule has 0 atom stereocenters. The molecule has 0 saturated heterocycles. The van der Waals surface area contributed by atoms with Crippen molar-refractivity contribution in [3.8, 4) is 5.75 Å². The van der Waals surface area contributed by atoms with Gasteiger partial charge in [0.2, 0.25) is 5.75 Å². The Kier molecular flexibility index (Phi) is 3.32. The summed E-state index contributed by atoms with van der Waals surface area (Å²) in [7, 11) is -4.72. The van der Waals surface area contributed by atoms with Crippen LogP contribution in [0.1, 0.15) is 12.5 Å². The van der Waals surface area contributed by atoms with Gasteiger partial charge in [-0.2, -0.15) is 0 Å². The topological polar surface area (TPSA) is 121 Å². The van der Waals surface area contributed by atoms with Crippen LogP contribution in [0, 0.1) is 10.1 Å². The summed E-state index contributed by atoms with van der Waals surface area (Å²) < 4.78 is 11.0. The monoisotopic (exact) mass is 247 g/mol. The Balaban J connectivity index is 3.56. The summed E-state index contributed by atoms with van der Waals surface area (Å²) >= 11 is 0. The second-order valence-electron chi connectivity index (χ2n) is 3.14. The van der Waals surface area contributed by atoms with Gasteiger partial charge in [-0.05, 0) is 18.1 Å². The zero-order valence-electron chi connectivity index (χ0n) is 8.32. The predicted octanol–water partition coefficient (Wildman–Crippen LogP) is 0.666. The fourth-order valence-corrected chi connectivity index (χ4v) is 1.95. The van der Waals surface area contributed by atoms with Crippen LogP contribution in [0.5, 0.6) is 5.75 Å². The smallest absolute Gasteiger partial charge is 0.360 e. The highest BCUT2D eigenvalue weighted by Gasteiger charge is 2.28. The molecule has 0 bridgehead atoms. The molecule has 0 aliphatic rings. The van der Waals surface area contributed by atoms with Crippen molar-refractivity contribution < 1.29 is 24.4 Å². The van der Waals surface area contributed by atoms with Gasteiger partial charge in [-0.1, -0.05) is 6.92 Å². The number of phenols is 1. The fourth-order valence-electron chi connectivity index (χ4n) is 1.23. The van der Waals surface area contributed by atoms with Crippen LogP contribution < -0.4 is 5.30 Å². The lowest BCUT2D eigenvalue weighted by molar-refractivity contribution is -0.385. The summed E-state index contributed by atoms with van der Waals surface area (Å²) in [6.07, 6.45) is 0.369. The van der Waals surface area contributed by atoms with Crippen molar-refractivity contribution in [2.75, 3.05) is 0 Å². The Morgan fingerprint density at radius 1 is 1.44 bits per heavy atom. The van der Waals surface area contributed by atoms with Gasteiger partial charge >= 0.3 is 13.3 Å². The van der Waals surface area contributed by atoms with Gasteiger partial charge in [-0.25, -0.2) is 0 Å². The van der Waals surface area contributed by atoms with E-state index in [0.717, 1.165) is 12.1 Å². The number of benzene rings is 1. The Morgan fingerprint density at radius 2 is 2.00 bits per heavy atom. The number of nitrogens with zero attached hydrogens (tertiary/aromatic N) is 1. The molecule has 0 heterocycles. The quantitative estimate of drug-likeness (QED) is 0.410. The van der Waals surface area contributed by atoms with E-state index in [4.69, 9.17) is 9.79 Å². The zero-order valence-corrected chi connectivity index (χ0v) is 9.22. The van der Waals surface area contributed by atoms with Crippen molar-refractivity contribution in [2.45, 2.75) is 13.3 Å². The van der Waals surface area contributed by atoms with Gasteiger partial charge in [-0.3, -0.25) is 14.7 Å². The van der Waals surface area contributed by atoms with Crippen LogP contribution in [0.15, 0.2) is 12.1 Å². The average Bonchev–Trinajstić information content (AvgIpc) is 2.15. The minimum absolute atomic E-state index is 0.369. The summed E-state index contributed by atoms with van der Waals surface area (Å²) in [4.78, 5) is 27.5. The van der Waals surface area contributed by atoms with Crippen molar-refractivity contribution in [2.24, 2.45) is 0 Å². The van der Waals surface area contributed by atoms with Crippen LogP contribution in [0.4, 0.5) is 5.69 Å². The highest BCUT2D eigenvalue weighted by atomic mass is 31.2. The Labute approximate surface area is 90.7 Å². The van der Waals surface area contributed by atoms with Gasteiger partial charge in [0.15, 0.2) is 0 Å². The molecule has 3 N–H and O–H groups in total. The Bertz CT molecular complexity index is 480. The first kappa shape index (κ1) is 12.6. The first-order valence-electron chi connectivity index (χ1n) is 4.33. The molecular weight excluding hydrogens is 237 g/mol. The van der Waals surface area contributed by atoms with Crippen LogP contribution in [0.2, 0.25) is 0 Å². The molecule has 88 valence electrons. The number of hydrogen-bond donors (Lipinski definition) is 3. The standard InChI is InChI=1S/C8H10NO6P/c1-2-5-3-6(9(11)12)8(10)7(4-5)16(13,14)15/h3-4,10H,2H2,1H3,(H2,13,14,15). The van der Waals surface area contributed by atoms with Gasteiger partial charge in [0.25, 0.3) is 0 Å². The summed E-state index contributed by atoms with van der Waals surface area (Å²) in [6, 6.07) is 2.16. The van der Waals surface area contributed by atoms with Gasteiger partial charge in [-0.15, -0.1) is 0 Å². The lowest BCUT2D eigenvalue weighted by Crippen LogP contribution is -2.08. The number of nitro benzene ring substituents is 1. The molecule has 1 aromatic rings. The highest BCUT2D eigenvalue weighted by Crippen LogP contribution is 2.41. The van der Waals surface area contributed by atoms with E-state index in [2.05, 4.69) is 0 Å². The second-order valence-corrected chi connectivity index (χ2v) is 4.71. The second kappa shape index (κ2) is 4.21. The van der Waals surface area contributed by atoms with E-state index in [0.29, 0.717) is 12.0 Å².